The molecule has 0 amide bonds. The smallest absolute Gasteiger partial charge is 0.315 e. The summed E-state index contributed by atoms with van der Waals surface area (Å²) >= 11 is 1.77. The van der Waals surface area contributed by atoms with Crippen LogP contribution in [0.15, 0.2) is 0 Å². The number of carbonyl (C=O) groups is 1. The van der Waals surface area contributed by atoms with Gasteiger partial charge in [0.05, 0.1) is 12.9 Å². The van der Waals surface area contributed by atoms with Crippen molar-refractivity contribution >= 4 is 17.7 Å². The molecule has 0 radical (unpaired) electrons. The number of thioether (sulfide) groups is 1. The molecule has 0 aromatic heterocycles. The molecule has 0 aromatic carbocycles. The van der Waals surface area contributed by atoms with Crippen molar-refractivity contribution in [2.24, 2.45) is 0 Å². The van der Waals surface area contributed by atoms with Crippen molar-refractivity contribution < 1.29 is 9.53 Å². The van der Waals surface area contributed by atoms with E-state index in [1.807, 2.05) is 0 Å². The fourth-order valence-corrected chi connectivity index (χ4v) is 3.71. The monoisotopic (exact) mass is 273 g/mol. The molecule has 0 aromatic rings. The van der Waals surface area contributed by atoms with Crippen LogP contribution in [0.1, 0.15) is 51.9 Å². The Labute approximate surface area is 115 Å². The van der Waals surface area contributed by atoms with E-state index in [4.69, 9.17) is 4.74 Å². The Bertz CT molecular complexity index is 234. The third kappa shape index (κ3) is 6.10. The molecule has 1 aliphatic carbocycles. The lowest BCUT2D eigenvalue weighted by Gasteiger charge is -2.29. The largest absolute Gasteiger partial charge is 0.468 e. The highest BCUT2D eigenvalue weighted by Crippen LogP contribution is 2.27. The van der Waals surface area contributed by atoms with Gasteiger partial charge in [0.25, 0.3) is 0 Å². The normalized spacial score (nSPS) is 25.2. The van der Waals surface area contributed by atoms with Crippen molar-refractivity contribution in [1.29, 1.82) is 0 Å². The van der Waals surface area contributed by atoms with Crippen molar-refractivity contribution in [2.75, 3.05) is 19.4 Å². The summed E-state index contributed by atoms with van der Waals surface area (Å²) in [7, 11) is 1.47. The third-order valence-corrected chi connectivity index (χ3v) is 4.90. The lowest BCUT2D eigenvalue weighted by atomic mass is 9.96. The summed E-state index contributed by atoms with van der Waals surface area (Å²) in [6, 6.07) is 0.569. The van der Waals surface area contributed by atoms with E-state index in [-0.39, 0.29) is 5.97 Å². The van der Waals surface area contributed by atoms with Crippen LogP contribution in [0.5, 0.6) is 0 Å². The van der Waals surface area contributed by atoms with Crippen molar-refractivity contribution in [1.82, 2.24) is 5.32 Å². The number of ether oxygens (including phenoxy) is 1. The van der Waals surface area contributed by atoms with Crippen LogP contribution < -0.4 is 5.32 Å². The molecule has 1 saturated carbocycles. The molecular weight excluding hydrogens is 246 g/mol. The Hall–Kier alpha value is -0.220. The second-order valence-corrected chi connectivity index (χ2v) is 6.21. The predicted molar refractivity (Wildman–Crippen MR) is 78.0 cm³/mol. The van der Waals surface area contributed by atoms with Gasteiger partial charge in [-0.05, 0) is 25.8 Å². The number of methoxy groups -OCH3 is 1. The Morgan fingerprint density at radius 2 is 2.00 bits per heavy atom. The molecule has 106 valence electrons. The van der Waals surface area contributed by atoms with E-state index in [1.54, 1.807) is 11.8 Å². The number of carbonyl (C=O) groups excluding carboxylic acids is 1. The molecule has 0 spiro atoms. The van der Waals surface area contributed by atoms with Crippen molar-refractivity contribution in [3.8, 4) is 0 Å². The van der Waals surface area contributed by atoms with E-state index >= 15 is 0 Å². The highest BCUT2D eigenvalue weighted by Gasteiger charge is 2.23. The molecule has 4 heteroatoms. The standard InChI is InChI=1S/C14H27NO2S/c1-3-10-15-12-8-6-4-5-7-9-13(12)18-11-14(16)17-2/h12-13,15H,3-11H2,1-2H3. The maximum Gasteiger partial charge on any atom is 0.315 e. The lowest BCUT2D eigenvalue weighted by Crippen LogP contribution is -2.39. The molecule has 2 unspecified atom stereocenters. The fraction of sp³-hybridized carbons (Fsp3) is 0.929. The molecule has 0 heterocycles. The Balaban J connectivity index is 2.45. The topological polar surface area (TPSA) is 38.3 Å². The summed E-state index contributed by atoms with van der Waals surface area (Å²) in [6.07, 6.45) is 8.96. The summed E-state index contributed by atoms with van der Waals surface area (Å²) < 4.78 is 4.73. The van der Waals surface area contributed by atoms with Gasteiger partial charge in [-0.1, -0.05) is 32.6 Å². The SMILES string of the molecule is CCCNC1CCCCCCC1SCC(=O)OC. The lowest BCUT2D eigenvalue weighted by molar-refractivity contribution is -0.137. The van der Waals surface area contributed by atoms with Crippen molar-refractivity contribution in [3.63, 3.8) is 0 Å². The number of nitrogens with one attached hydrogen (secondary N) is 1. The molecule has 3 nitrogen and oxygen atoms in total. The Kier molecular flexibility index (Phi) is 8.51. The van der Waals surface area contributed by atoms with Gasteiger partial charge in [0.1, 0.15) is 0 Å². The van der Waals surface area contributed by atoms with Gasteiger partial charge in [-0.25, -0.2) is 0 Å². The maximum atomic E-state index is 11.3. The zero-order valence-electron chi connectivity index (χ0n) is 11.7. The van der Waals surface area contributed by atoms with Gasteiger partial charge in [-0.3, -0.25) is 4.79 Å². The van der Waals surface area contributed by atoms with E-state index in [0.717, 1.165) is 6.54 Å². The molecule has 0 aliphatic heterocycles. The first-order chi connectivity index (χ1) is 8.77. The van der Waals surface area contributed by atoms with Gasteiger partial charge in [0, 0.05) is 11.3 Å². The molecule has 0 bridgehead atoms. The van der Waals surface area contributed by atoms with Crippen LogP contribution in [0.3, 0.4) is 0 Å². The molecule has 2 atom stereocenters. The summed E-state index contributed by atoms with van der Waals surface area (Å²) in [6.45, 7) is 3.28. The summed E-state index contributed by atoms with van der Waals surface area (Å²) in [5.41, 5.74) is 0. The van der Waals surface area contributed by atoms with Crippen LogP contribution in [0.2, 0.25) is 0 Å². The van der Waals surface area contributed by atoms with Gasteiger partial charge in [0.15, 0.2) is 0 Å². The molecule has 18 heavy (non-hydrogen) atoms. The van der Waals surface area contributed by atoms with Crippen LogP contribution >= 0.6 is 11.8 Å². The number of hydrogen-bond acceptors (Lipinski definition) is 4. The zero-order valence-corrected chi connectivity index (χ0v) is 12.6. The Morgan fingerprint density at radius 3 is 2.67 bits per heavy atom. The summed E-state index contributed by atoms with van der Waals surface area (Å²) in [5, 5.41) is 4.22. The first-order valence-corrected chi connectivity index (χ1v) is 8.24. The van der Waals surface area contributed by atoms with E-state index in [0.29, 0.717) is 17.0 Å². The van der Waals surface area contributed by atoms with Crippen molar-refractivity contribution in [2.45, 2.75) is 63.2 Å². The first-order valence-electron chi connectivity index (χ1n) is 7.19. The van der Waals surface area contributed by atoms with Crippen LogP contribution in [0.4, 0.5) is 0 Å². The minimum Gasteiger partial charge on any atom is -0.468 e. The zero-order chi connectivity index (χ0) is 13.2. The minimum atomic E-state index is -0.101. The number of esters is 1. The molecule has 1 fully saturated rings. The average molecular weight is 273 g/mol. The predicted octanol–water partition coefficient (Wildman–Crippen LogP) is 2.98. The molecule has 1 rings (SSSR count). The first kappa shape index (κ1) is 15.8. The summed E-state index contributed by atoms with van der Waals surface area (Å²) in [5.74, 6) is 0.391. The van der Waals surface area contributed by atoms with Gasteiger partial charge in [-0.2, -0.15) is 0 Å². The molecular formula is C14H27NO2S. The highest BCUT2D eigenvalue weighted by molar-refractivity contribution is 8.00. The third-order valence-electron chi connectivity index (χ3n) is 3.50. The van der Waals surface area contributed by atoms with Crippen molar-refractivity contribution in [3.05, 3.63) is 0 Å². The number of rotatable bonds is 6. The maximum absolute atomic E-state index is 11.3. The quantitative estimate of drug-likeness (QED) is 0.755. The van der Waals surface area contributed by atoms with E-state index in [9.17, 15) is 4.79 Å². The summed E-state index contributed by atoms with van der Waals surface area (Å²) in [4.78, 5) is 11.3. The van der Waals surface area contributed by atoms with Gasteiger partial charge in [-0.15, -0.1) is 11.8 Å². The molecule has 1 N–H and O–H groups in total. The van der Waals surface area contributed by atoms with Crippen LogP contribution in [-0.2, 0) is 9.53 Å². The highest BCUT2D eigenvalue weighted by atomic mass is 32.2. The van der Waals surface area contributed by atoms with Gasteiger partial charge in [0.2, 0.25) is 0 Å². The van der Waals surface area contributed by atoms with Crippen LogP contribution in [0.25, 0.3) is 0 Å². The second-order valence-electron chi connectivity index (χ2n) is 4.98. The van der Waals surface area contributed by atoms with Crippen LogP contribution in [0, 0.1) is 0 Å². The molecule has 0 saturated heterocycles. The number of hydrogen-bond donors (Lipinski definition) is 1. The average Bonchev–Trinajstić information content (AvgIpc) is 2.36. The van der Waals surface area contributed by atoms with Gasteiger partial charge >= 0.3 is 5.97 Å². The minimum absolute atomic E-state index is 0.101. The second kappa shape index (κ2) is 9.68. The van der Waals surface area contributed by atoms with E-state index in [1.165, 1.54) is 52.1 Å². The van der Waals surface area contributed by atoms with E-state index in [2.05, 4.69) is 12.2 Å². The van der Waals surface area contributed by atoms with E-state index < -0.39 is 0 Å². The fourth-order valence-electron chi connectivity index (χ4n) is 2.45. The Morgan fingerprint density at radius 1 is 1.28 bits per heavy atom. The molecule has 1 aliphatic rings. The van der Waals surface area contributed by atoms with Crippen LogP contribution in [-0.4, -0.2) is 36.7 Å². The van der Waals surface area contributed by atoms with Gasteiger partial charge < -0.3 is 10.1 Å².